The summed E-state index contributed by atoms with van der Waals surface area (Å²) in [5.41, 5.74) is 2.51. The average Bonchev–Trinajstić information content (AvgIpc) is 3.40. The van der Waals surface area contributed by atoms with Crippen molar-refractivity contribution in [2.45, 2.75) is 36.4 Å². The molecule has 0 unspecified atom stereocenters. The van der Waals surface area contributed by atoms with Gasteiger partial charge < -0.3 is 10.1 Å². The molecule has 0 aliphatic carbocycles. The fraction of sp³-hybridized carbons (Fsp3) is 0.300. The predicted octanol–water partition coefficient (Wildman–Crippen LogP) is 3.40. The molecule has 1 aliphatic rings. The van der Waals surface area contributed by atoms with Gasteiger partial charge in [-0.15, -0.1) is 5.10 Å². The van der Waals surface area contributed by atoms with Crippen molar-refractivity contribution >= 4 is 23.4 Å². The number of carbonyl (C=O) groups is 1. The van der Waals surface area contributed by atoms with E-state index in [4.69, 9.17) is 4.74 Å². The van der Waals surface area contributed by atoms with E-state index in [-0.39, 0.29) is 12.0 Å². The van der Waals surface area contributed by atoms with E-state index in [1.807, 2.05) is 59.3 Å². The van der Waals surface area contributed by atoms with Crippen molar-refractivity contribution in [2.24, 2.45) is 0 Å². The molecule has 1 fully saturated rings. The van der Waals surface area contributed by atoms with Gasteiger partial charge >= 0.3 is 0 Å². The maximum atomic E-state index is 12.3. The maximum absolute atomic E-state index is 12.3. The van der Waals surface area contributed by atoms with Crippen molar-refractivity contribution in [3.63, 3.8) is 0 Å². The highest BCUT2D eigenvalue weighted by molar-refractivity contribution is 7.98. The van der Waals surface area contributed by atoms with Crippen LogP contribution in [0.3, 0.4) is 0 Å². The van der Waals surface area contributed by atoms with Gasteiger partial charge in [0.15, 0.2) is 0 Å². The van der Waals surface area contributed by atoms with Crippen molar-refractivity contribution in [1.29, 1.82) is 0 Å². The number of benzene rings is 2. The van der Waals surface area contributed by atoms with Crippen LogP contribution in [0, 0.1) is 0 Å². The molecule has 7 nitrogen and oxygen atoms in total. The molecule has 1 aliphatic heterocycles. The molecule has 8 heteroatoms. The van der Waals surface area contributed by atoms with Crippen LogP contribution < -0.4 is 5.32 Å². The molecule has 1 N–H and O–H groups in total. The molecule has 3 aromatic rings. The summed E-state index contributed by atoms with van der Waals surface area (Å²) in [6.07, 6.45) is 2.35. The van der Waals surface area contributed by atoms with E-state index in [2.05, 4.69) is 20.8 Å². The quantitative estimate of drug-likeness (QED) is 0.618. The Labute approximate surface area is 167 Å². The Bertz CT molecular complexity index is 908. The van der Waals surface area contributed by atoms with Crippen molar-refractivity contribution in [3.05, 3.63) is 65.7 Å². The van der Waals surface area contributed by atoms with E-state index in [0.717, 1.165) is 41.6 Å². The van der Waals surface area contributed by atoms with Crippen LogP contribution >= 0.6 is 11.8 Å². The number of ether oxygens (including phenoxy) is 1. The summed E-state index contributed by atoms with van der Waals surface area (Å²) in [6.45, 7) is 1.51. The number of nitrogens with one attached hydrogen (secondary N) is 1. The molecule has 1 atom stereocenters. The molecular formula is C20H21N5O2S. The van der Waals surface area contributed by atoms with Gasteiger partial charge in [0.2, 0.25) is 5.16 Å². The maximum Gasteiger partial charge on any atom is 0.255 e. The molecule has 2 aromatic carbocycles. The lowest BCUT2D eigenvalue weighted by atomic mass is 10.1. The van der Waals surface area contributed by atoms with Crippen LogP contribution in [0.15, 0.2) is 59.8 Å². The van der Waals surface area contributed by atoms with Gasteiger partial charge in [0, 0.05) is 23.6 Å². The highest BCUT2D eigenvalue weighted by Gasteiger charge is 2.19. The third kappa shape index (κ3) is 4.76. The minimum atomic E-state index is -0.120. The van der Waals surface area contributed by atoms with Crippen LogP contribution in [-0.2, 0) is 17.0 Å². The van der Waals surface area contributed by atoms with E-state index in [1.165, 1.54) is 0 Å². The van der Waals surface area contributed by atoms with Gasteiger partial charge in [0.05, 0.1) is 12.6 Å². The smallest absolute Gasteiger partial charge is 0.255 e. The minimum absolute atomic E-state index is 0.120. The predicted molar refractivity (Wildman–Crippen MR) is 107 cm³/mol. The first-order chi connectivity index (χ1) is 13.8. The van der Waals surface area contributed by atoms with Gasteiger partial charge in [0.1, 0.15) is 0 Å². The number of nitrogens with zero attached hydrogens (tertiary/aromatic N) is 4. The Balaban J connectivity index is 1.32. The number of amides is 1. The zero-order valence-corrected chi connectivity index (χ0v) is 16.1. The first-order valence-electron chi connectivity index (χ1n) is 9.24. The summed E-state index contributed by atoms with van der Waals surface area (Å²) < 4.78 is 7.47. The van der Waals surface area contributed by atoms with E-state index < -0.39 is 0 Å². The molecule has 1 saturated heterocycles. The fourth-order valence-electron chi connectivity index (χ4n) is 3.02. The Hall–Kier alpha value is -2.71. The van der Waals surface area contributed by atoms with Gasteiger partial charge in [0.25, 0.3) is 5.91 Å². The lowest BCUT2D eigenvalue weighted by molar-refractivity contribution is 0.0911. The summed E-state index contributed by atoms with van der Waals surface area (Å²) in [5, 5.41) is 15.6. The molecule has 0 bridgehead atoms. The molecule has 0 radical (unpaired) electrons. The largest absolute Gasteiger partial charge is 0.376 e. The van der Waals surface area contributed by atoms with Crippen LogP contribution in [0.2, 0.25) is 0 Å². The third-order valence-electron chi connectivity index (χ3n) is 4.52. The van der Waals surface area contributed by atoms with Crippen molar-refractivity contribution < 1.29 is 9.53 Å². The summed E-state index contributed by atoms with van der Waals surface area (Å²) in [7, 11) is 0. The monoisotopic (exact) mass is 395 g/mol. The van der Waals surface area contributed by atoms with E-state index >= 15 is 0 Å². The topological polar surface area (TPSA) is 81.9 Å². The standard InChI is InChI=1S/C20H21N5O2S/c26-19(21-17-5-2-1-3-6-17)16-10-8-15(9-11-16)14-28-20-22-23-24-25(20)13-18-7-4-12-27-18/h1-3,5-6,8-11,18H,4,7,12-14H2,(H,21,26)/t18-/m0/s1. The number of para-hydroxylation sites is 1. The number of hydrogen-bond acceptors (Lipinski definition) is 6. The lowest BCUT2D eigenvalue weighted by Gasteiger charge is -2.10. The first kappa shape index (κ1) is 18.6. The number of thioether (sulfide) groups is 1. The highest BCUT2D eigenvalue weighted by atomic mass is 32.2. The van der Waals surface area contributed by atoms with Crippen LogP contribution in [0.4, 0.5) is 5.69 Å². The molecule has 0 spiro atoms. The van der Waals surface area contributed by atoms with Crippen LogP contribution in [0.1, 0.15) is 28.8 Å². The Morgan fingerprint density at radius 2 is 2.00 bits per heavy atom. The number of hydrogen-bond donors (Lipinski definition) is 1. The summed E-state index contributed by atoms with van der Waals surface area (Å²) in [4.78, 5) is 12.3. The fourth-order valence-corrected chi connectivity index (χ4v) is 3.86. The number of anilines is 1. The normalized spacial score (nSPS) is 16.2. The molecule has 4 rings (SSSR count). The lowest BCUT2D eigenvalue weighted by Crippen LogP contribution is -2.16. The zero-order valence-electron chi connectivity index (χ0n) is 15.3. The van der Waals surface area contributed by atoms with Crippen molar-refractivity contribution in [3.8, 4) is 0 Å². The van der Waals surface area contributed by atoms with Gasteiger partial charge in [-0.3, -0.25) is 4.79 Å². The van der Waals surface area contributed by atoms with E-state index in [1.54, 1.807) is 11.8 Å². The van der Waals surface area contributed by atoms with Crippen molar-refractivity contribution in [1.82, 2.24) is 20.2 Å². The van der Waals surface area contributed by atoms with Gasteiger partial charge in [-0.2, -0.15) is 0 Å². The highest BCUT2D eigenvalue weighted by Crippen LogP contribution is 2.22. The third-order valence-corrected chi connectivity index (χ3v) is 5.54. The second kappa shape index (κ2) is 8.99. The second-order valence-electron chi connectivity index (χ2n) is 6.58. The number of rotatable bonds is 7. The zero-order chi connectivity index (χ0) is 19.2. The van der Waals surface area contributed by atoms with Gasteiger partial charge in [-0.1, -0.05) is 42.1 Å². The molecule has 1 aromatic heterocycles. The minimum Gasteiger partial charge on any atom is -0.376 e. The Kier molecular flexibility index (Phi) is 5.98. The van der Waals surface area contributed by atoms with E-state index in [0.29, 0.717) is 12.1 Å². The SMILES string of the molecule is O=C(Nc1ccccc1)c1ccc(CSc2nnnn2C[C@@H]2CCCO2)cc1. The first-order valence-corrected chi connectivity index (χ1v) is 10.2. The van der Waals surface area contributed by atoms with Crippen LogP contribution in [0.25, 0.3) is 0 Å². The number of tetrazole rings is 1. The Morgan fingerprint density at radius 3 is 2.75 bits per heavy atom. The van der Waals surface area contributed by atoms with Gasteiger partial charge in [-0.25, -0.2) is 4.68 Å². The van der Waals surface area contributed by atoms with Crippen molar-refractivity contribution in [2.75, 3.05) is 11.9 Å². The number of aromatic nitrogens is 4. The Morgan fingerprint density at radius 1 is 1.18 bits per heavy atom. The van der Waals surface area contributed by atoms with Gasteiger partial charge in [-0.05, 0) is 53.1 Å². The molecule has 0 saturated carbocycles. The molecular weight excluding hydrogens is 374 g/mol. The number of carbonyl (C=O) groups excluding carboxylic acids is 1. The van der Waals surface area contributed by atoms with Crippen LogP contribution in [-0.4, -0.2) is 38.8 Å². The van der Waals surface area contributed by atoms with Crippen LogP contribution in [0.5, 0.6) is 0 Å². The summed E-state index contributed by atoms with van der Waals surface area (Å²) in [5.74, 6) is 0.609. The summed E-state index contributed by atoms with van der Waals surface area (Å²) >= 11 is 1.58. The molecule has 28 heavy (non-hydrogen) atoms. The molecule has 2 heterocycles. The average molecular weight is 395 g/mol. The summed E-state index contributed by atoms with van der Waals surface area (Å²) in [6, 6.07) is 17.0. The van der Waals surface area contributed by atoms with E-state index in [9.17, 15) is 4.79 Å². The molecule has 1 amide bonds. The second-order valence-corrected chi connectivity index (χ2v) is 7.53. The molecule has 144 valence electrons.